The standard InChI is InChI=1S/C12H10N6O3/c19-7-2-1-6(3-8(7)20)4-15-18-12-16-9-10(17-12)13-5-14-11(9)21/h1-5,19-20H,(H3,13,14,16,17,18,21). The minimum Gasteiger partial charge on any atom is -0.504 e. The average Bonchev–Trinajstić information content (AvgIpc) is 2.87. The summed E-state index contributed by atoms with van der Waals surface area (Å²) >= 11 is 0. The van der Waals surface area contributed by atoms with Gasteiger partial charge in [-0.05, 0) is 23.8 Å². The number of anilines is 1. The number of benzene rings is 1. The number of aromatic amines is 2. The van der Waals surface area contributed by atoms with Crippen molar-refractivity contribution in [1.82, 2.24) is 19.9 Å². The fourth-order valence-electron chi connectivity index (χ4n) is 1.68. The molecule has 2 aromatic heterocycles. The fraction of sp³-hybridized carbons (Fsp3) is 0. The summed E-state index contributed by atoms with van der Waals surface area (Å²) in [7, 11) is 0. The van der Waals surface area contributed by atoms with Crippen molar-refractivity contribution < 1.29 is 10.2 Å². The van der Waals surface area contributed by atoms with Crippen molar-refractivity contribution in [3.8, 4) is 11.5 Å². The second-order valence-corrected chi connectivity index (χ2v) is 4.13. The van der Waals surface area contributed by atoms with E-state index in [2.05, 4.69) is 30.5 Å². The lowest BCUT2D eigenvalue weighted by Gasteiger charge is -1.98. The van der Waals surface area contributed by atoms with E-state index in [9.17, 15) is 15.0 Å². The minimum atomic E-state index is -0.326. The summed E-state index contributed by atoms with van der Waals surface area (Å²) in [4.78, 5) is 24.6. The zero-order valence-electron chi connectivity index (χ0n) is 10.5. The molecule has 0 bridgehead atoms. The smallest absolute Gasteiger partial charge is 0.276 e. The number of hydrogen-bond donors (Lipinski definition) is 5. The van der Waals surface area contributed by atoms with Gasteiger partial charge in [-0.25, -0.2) is 10.4 Å². The third-order valence-corrected chi connectivity index (χ3v) is 2.68. The highest BCUT2D eigenvalue weighted by Crippen LogP contribution is 2.23. The number of hydrogen-bond acceptors (Lipinski definition) is 7. The SMILES string of the molecule is O=c1[nH]cnc2nc(NN=Cc3ccc(O)c(O)c3)[nH]c12. The Morgan fingerprint density at radius 1 is 1.29 bits per heavy atom. The first-order valence-electron chi connectivity index (χ1n) is 5.88. The predicted molar refractivity (Wildman–Crippen MR) is 75.5 cm³/mol. The van der Waals surface area contributed by atoms with Crippen molar-refractivity contribution >= 4 is 23.3 Å². The van der Waals surface area contributed by atoms with Gasteiger partial charge >= 0.3 is 0 Å². The third-order valence-electron chi connectivity index (χ3n) is 2.68. The number of fused-ring (bicyclic) bond motifs is 1. The molecule has 9 heteroatoms. The molecule has 0 aliphatic heterocycles. The molecule has 9 nitrogen and oxygen atoms in total. The Kier molecular flexibility index (Phi) is 2.99. The highest BCUT2D eigenvalue weighted by atomic mass is 16.3. The van der Waals surface area contributed by atoms with Gasteiger partial charge in [0.05, 0.1) is 12.5 Å². The molecule has 1 aromatic carbocycles. The number of aromatic hydroxyl groups is 2. The molecule has 3 aromatic rings. The van der Waals surface area contributed by atoms with Crippen LogP contribution in [-0.2, 0) is 0 Å². The summed E-state index contributed by atoms with van der Waals surface area (Å²) in [5.74, 6) is -0.186. The summed E-state index contributed by atoms with van der Waals surface area (Å²) in [5.41, 5.74) is 3.38. The fourth-order valence-corrected chi connectivity index (χ4v) is 1.68. The lowest BCUT2D eigenvalue weighted by atomic mass is 10.2. The van der Waals surface area contributed by atoms with Crippen LogP contribution in [-0.4, -0.2) is 36.4 Å². The van der Waals surface area contributed by atoms with Crippen LogP contribution in [0.3, 0.4) is 0 Å². The molecule has 0 spiro atoms. The first-order chi connectivity index (χ1) is 10.1. The number of phenols is 2. The molecule has 0 amide bonds. The zero-order chi connectivity index (χ0) is 14.8. The van der Waals surface area contributed by atoms with E-state index in [4.69, 9.17) is 0 Å². The number of rotatable bonds is 3. The van der Waals surface area contributed by atoms with Gasteiger partial charge in [-0.15, -0.1) is 0 Å². The Morgan fingerprint density at radius 2 is 2.14 bits per heavy atom. The van der Waals surface area contributed by atoms with E-state index in [0.717, 1.165) is 0 Å². The van der Waals surface area contributed by atoms with E-state index in [1.54, 1.807) is 6.07 Å². The molecule has 21 heavy (non-hydrogen) atoms. The number of aromatic nitrogens is 4. The van der Waals surface area contributed by atoms with Crippen LogP contribution in [0.25, 0.3) is 11.2 Å². The summed E-state index contributed by atoms with van der Waals surface area (Å²) in [5, 5.41) is 22.4. The summed E-state index contributed by atoms with van der Waals surface area (Å²) in [6, 6.07) is 4.28. The molecule has 2 heterocycles. The number of phenolic OH excluding ortho intramolecular Hbond substituents is 2. The van der Waals surface area contributed by atoms with Crippen molar-refractivity contribution in [1.29, 1.82) is 0 Å². The van der Waals surface area contributed by atoms with E-state index in [0.29, 0.717) is 5.56 Å². The lowest BCUT2D eigenvalue weighted by Crippen LogP contribution is -2.05. The van der Waals surface area contributed by atoms with Gasteiger partial charge in [-0.2, -0.15) is 10.1 Å². The van der Waals surface area contributed by atoms with E-state index < -0.39 is 0 Å². The molecule has 5 N–H and O–H groups in total. The molecule has 0 saturated heterocycles. The van der Waals surface area contributed by atoms with Crippen LogP contribution in [0, 0.1) is 0 Å². The number of nitrogens with one attached hydrogen (secondary N) is 3. The Hall–Kier alpha value is -3.36. The minimum absolute atomic E-state index is 0.206. The van der Waals surface area contributed by atoms with Crippen molar-refractivity contribution in [3.63, 3.8) is 0 Å². The topological polar surface area (TPSA) is 139 Å². The Labute approximate surface area is 117 Å². The van der Waals surface area contributed by atoms with E-state index in [1.807, 2.05) is 0 Å². The number of nitrogens with zero attached hydrogens (tertiary/aromatic N) is 3. The Morgan fingerprint density at radius 3 is 2.90 bits per heavy atom. The van der Waals surface area contributed by atoms with Crippen LogP contribution in [0.2, 0.25) is 0 Å². The quantitative estimate of drug-likeness (QED) is 0.270. The molecule has 106 valence electrons. The summed E-state index contributed by atoms with van der Waals surface area (Å²) < 4.78 is 0. The third kappa shape index (κ3) is 2.52. The molecule has 3 rings (SSSR count). The monoisotopic (exact) mass is 286 g/mol. The summed E-state index contributed by atoms with van der Waals surface area (Å²) in [6.07, 6.45) is 2.68. The lowest BCUT2D eigenvalue weighted by molar-refractivity contribution is 0.403. The second-order valence-electron chi connectivity index (χ2n) is 4.13. The van der Waals surface area contributed by atoms with Gasteiger partial charge in [0.25, 0.3) is 5.56 Å². The molecule has 0 saturated carbocycles. The number of imidazole rings is 1. The van der Waals surface area contributed by atoms with Gasteiger partial charge < -0.3 is 20.2 Å². The second kappa shape index (κ2) is 4.96. The van der Waals surface area contributed by atoms with Crippen LogP contribution in [0.1, 0.15) is 5.56 Å². The van der Waals surface area contributed by atoms with Crippen LogP contribution in [0.4, 0.5) is 5.95 Å². The van der Waals surface area contributed by atoms with Crippen LogP contribution in [0.15, 0.2) is 34.4 Å². The van der Waals surface area contributed by atoms with Crippen LogP contribution < -0.4 is 11.0 Å². The van der Waals surface area contributed by atoms with Gasteiger partial charge in [-0.1, -0.05) is 0 Å². The average molecular weight is 286 g/mol. The van der Waals surface area contributed by atoms with Gasteiger partial charge in [0.15, 0.2) is 22.7 Å². The van der Waals surface area contributed by atoms with Crippen molar-refractivity contribution in [2.75, 3.05) is 5.43 Å². The highest BCUT2D eigenvalue weighted by molar-refractivity contribution is 5.81. The van der Waals surface area contributed by atoms with Gasteiger partial charge in [0.2, 0.25) is 5.95 Å². The van der Waals surface area contributed by atoms with Gasteiger partial charge in [-0.3, -0.25) is 4.79 Å². The largest absolute Gasteiger partial charge is 0.504 e. The molecule has 0 atom stereocenters. The first-order valence-corrected chi connectivity index (χ1v) is 5.88. The van der Waals surface area contributed by atoms with Crippen LogP contribution >= 0.6 is 0 Å². The molecular weight excluding hydrogens is 276 g/mol. The maximum Gasteiger partial charge on any atom is 0.276 e. The predicted octanol–water partition coefficient (Wildman–Crippen LogP) is 0.503. The number of hydrazone groups is 1. The summed E-state index contributed by atoms with van der Waals surface area (Å²) in [6.45, 7) is 0. The zero-order valence-corrected chi connectivity index (χ0v) is 10.5. The van der Waals surface area contributed by atoms with Gasteiger partial charge in [0.1, 0.15) is 0 Å². The first kappa shape index (κ1) is 12.7. The van der Waals surface area contributed by atoms with Gasteiger partial charge in [0, 0.05) is 0 Å². The molecule has 0 fully saturated rings. The van der Waals surface area contributed by atoms with E-state index in [-0.39, 0.29) is 34.2 Å². The van der Waals surface area contributed by atoms with Crippen molar-refractivity contribution in [2.45, 2.75) is 0 Å². The maximum absolute atomic E-state index is 11.5. The molecule has 0 aliphatic carbocycles. The normalized spacial score (nSPS) is 11.2. The molecule has 0 unspecified atom stereocenters. The Bertz CT molecular complexity index is 882. The van der Waals surface area contributed by atoms with E-state index in [1.165, 1.54) is 24.7 Å². The number of H-pyrrole nitrogens is 2. The van der Waals surface area contributed by atoms with Crippen molar-refractivity contribution in [3.05, 3.63) is 40.4 Å². The van der Waals surface area contributed by atoms with Crippen molar-refractivity contribution in [2.24, 2.45) is 5.10 Å². The molecule has 0 aliphatic rings. The molecule has 0 radical (unpaired) electrons. The van der Waals surface area contributed by atoms with Crippen LogP contribution in [0.5, 0.6) is 11.5 Å². The molecular formula is C12H10N6O3. The van der Waals surface area contributed by atoms with E-state index >= 15 is 0 Å². The highest BCUT2D eigenvalue weighted by Gasteiger charge is 2.05. The maximum atomic E-state index is 11.5. The Balaban J connectivity index is 1.79.